The fraction of sp³-hybridized carbons (Fsp3) is 0.286. The molecule has 0 saturated carbocycles. The zero-order valence-electron chi connectivity index (χ0n) is 11.2. The average Bonchev–Trinajstić information content (AvgIpc) is 2.43. The molecule has 1 aromatic heterocycles. The number of rotatable bonds is 4. The Balaban J connectivity index is 2.38. The Morgan fingerprint density at radius 1 is 1.25 bits per heavy atom. The molecule has 0 atom stereocenters. The summed E-state index contributed by atoms with van der Waals surface area (Å²) in [5.41, 5.74) is 2.02. The minimum atomic E-state index is 0.592. The maximum atomic E-state index is 6.20. The molecule has 0 aliphatic rings. The van der Waals surface area contributed by atoms with Crippen LogP contribution < -0.4 is 5.32 Å². The summed E-state index contributed by atoms with van der Waals surface area (Å²) in [6, 6.07) is 5.48. The largest absolute Gasteiger partial charge is 0.372 e. The van der Waals surface area contributed by atoms with Crippen molar-refractivity contribution in [2.45, 2.75) is 19.8 Å². The number of nitrogens with zero attached hydrogens (tertiary/aromatic N) is 2. The molecule has 0 amide bonds. The van der Waals surface area contributed by atoms with Gasteiger partial charge < -0.3 is 5.32 Å². The molecular weight excluding hydrogens is 408 g/mol. The van der Waals surface area contributed by atoms with Gasteiger partial charge in [0.15, 0.2) is 0 Å². The van der Waals surface area contributed by atoms with Crippen molar-refractivity contribution in [3.8, 4) is 0 Å². The third kappa shape index (κ3) is 3.54. The van der Waals surface area contributed by atoms with E-state index in [0.717, 1.165) is 32.9 Å². The Morgan fingerprint density at radius 3 is 2.60 bits per heavy atom. The van der Waals surface area contributed by atoms with Gasteiger partial charge >= 0.3 is 0 Å². The SMILES string of the molecule is CCc1nc(Cc2ccc(Cl)cc2Cl)nc(NC)c1I. The Kier molecular flexibility index (Phi) is 5.46. The quantitative estimate of drug-likeness (QED) is 0.734. The predicted molar refractivity (Wildman–Crippen MR) is 92.9 cm³/mol. The monoisotopic (exact) mass is 421 g/mol. The molecule has 0 bridgehead atoms. The van der Waals surface area contributed by atoms with Crippen LogP contribution in [-0.4, -0.2) is 17.0 Å². The highest BCUT2D eigenvalue weighted by atomic mass is 127. The molecule has 0 spiro atoms. The molecule has 0 unspecified atom stereocenters. The molecule has 1 aromatic carbocycles. The van der Waals surface area contributed by atoms with E-state index in [9.17, 15) is 0 Å². The summed E-state index contributed by atoms with van der Waals surface area (Å²) in [5.74, 6) is 1.62. The molecule has 0 aliphatic carbocycles. The van der Waals surface area contributed by atoms with Crippen LogP contribution in [0.5, 0.6) is 0 Å². The zero-order chi connectivity index (χ0) is 14.7. The number of benzene rings is 1. The van der Waals surface area contributed by atoms with Gasteiger partial charge in [-0.15, -0.1) is 0 Å². The molecule has 2 aromatic rings. The van der Waals surface area contributed by atoms with E-state index < -0.39 is 0 Å². The van der Waals surface area contributed by atoms with E-state index in [1.54, 1.807) is 6.07 Å². The van der Waals surface area contributed by atoms with Crippen LogP contribution >= 0.6 is 45.8 Å². The molecular formula is C14H14Cl2IN3. The molecule has 0 aliphatic heterocycles. The average molecular weight is 422 g/mol. The van der Waals surface area contributed by atoms with Crippen molar-refractivity contribution in [3.05, 3.63) is 48.9 Å². The molecule has 6 heteroatoms. The highest BCUT2D eigenvalue weighted by Gasteiger charge is 2.11. The second-order valence-corrected chi connectivity index (χ2v) is 6.19. The van der Waals surface area contributed by atoms with Crippen molar-refractivity contribution in [2.24, 2.45) is 0 Å². The van der Waals surface area contributed by atoms with Crippen LogP contribution in [-0.2, 0) is 12.8 Å². The Labute approximate surface area is 142 Å². The van der Waals surface area contributed by atoms with Gasteiger partial charge in [-0.1, -0.05) is 36.2 Å². The Bertz CT molecular complexity index is 607. The van der Waals surface area contributed by atoms with E-state index >= 15 is 0 Å². The molecule has 106 valence electrons. The summed E-state index contributed by atoms with van der Waals surface area (Å²) in [6.45, 7) is 2.09. The summed E-state index contributed by atoms with van der Waals surface area (Å²) in [5, 5.41) is 4.38. The van der Waals surface area contributed by atoms with E-state index in [-0.39, 0.29) is 0 Å². The van der Waals surface area contributed by atoms with Crippen LogP contribution in [0.1, 0.15) is 24.0 Å². The molecule has 20 heavy (non-hydrogen) atoms. The molecule has 0 fully saturated rings. The second kappa shape index (κ2) is 6.91. The standard InChI is InChI=1S/C14H14Cl2IN3/c1-3-11-13(17)14(18-2)20-12(19-11)6-8-4-5-9(15)7-10(8)16/h4-5,7H,3,6H2,1-2H3,(H,18,19,20). The minimum Gasteiger partial charge on any atom is -0.372 e. The van der Waals surface area contributed by atoms with Crippen LogP contribution in [0.2, 0.25) is 10.0 Å². The summed E-state index contributed by atoms with van der Waals surface area (Å²) in [7, 11) is 1.86. The predicted octanol–water partition coefficient (Wildman–Crippen LogP) is 4.58. The van der Waals surface area contributed by atoms with Gasteiger partial charge in [0.25, 0.3) is 0 Å². The van der Waals surface area contributed by atoms with Gasteiger partial charge in [-0.3, -0.25) is 0 Å². The van der Waals surface area contributed by atoms with E-state index in [4.69, 9.17) is 23.2 Å². The third-order valence-corrected chi connectivity index (χ3v) is 4.62. The molecule has 1 N–H and O–H groups in total. The Morgan fingerprint density at radius 2 is 2.00 bits per heavy atom. The van der Waals surface area contributed by atoms with Crippen molar-refractivity contribution in [2.75, 3.05) is 12.4 Å². The van der Waals surface area contributed by atoms with E-state index in [0.29, 0.717) is 16.5 Å². The van der Waals surface area contributed by atoms with Gasteiger partial charge in [0, 0.05) is 23.5 Å². The van der Waals surface area contributed by atoms with Gasteiger partial charge in [-0.05, 0) is 46.7 Å². The molecule has 1 heterocycles. The fourth-order valence-electron chi connectivity index (χ4n) is 1.86. The number of halogens is 3. The first-order valence-corrected chi connectivity index (χ1v) is 8.05. The lowest BCUT2D eigenvalue weighted by Gasteiger charge is -2.11. The zero-order valence-corrected chi connectivity index (χ0v) is 14.8. The van der Waals surface area contributed by atoms with Crippen molar-refractivity contribution in [1.29, 1.82) is 0 Å². The van der Waals surface area contributed by atoms with E-state index in [1.165, 1.54) is 0 Å². The molecule has 2 rings (SSSR count). The Hall–Kier alpha value is -0.590. The van der Waals surface area contributed by atoms with Crippen LogP contribution in [0.15, 0.2) is 18.2 Å². The first kappa shape index (κ1) is 15.8. The van der Waals surface area contributed by atoms with E-state index in [1.807, 2.05) is 19.2 Å². The van der Waals surface area contributed by atoms with E-state index in [2.05, 4.69) is 44.8 Å². The summed E-state index contributed by atoms with van der Waals surface area (Å²) < 4.78 is 1.07. The molecule has 0 saturated heterocycles. The second-order valence-electron chi connectivity index (χ2n) is 4.27. The van der Waals surface area contributed by atoms with Crippen LogP contribution in [0.4, 0.5) is 5.82 Å². The lowest BCUT2D eigenvalue weighted by Crippen LogP contribution is -2.07. The first-order valence-electron chi connectivity index (χ1n) is 6.22. The van der Waals surface area contributed by atoms with Crippen molar-refractivity contribution >= 4 is 51.6 Å². The number of hydrogen-bond donors (Lipinski definition) is 1. The normalized spacial score (nSPS) is 10.7. The summed E-state index contributed by atoms with van der Waals surface area (Å²) in [6.07, 6.45) is 1.46. The van der Waals surface area contributed by atoms with Crippen molar-refractivity contribution in [3.63, 3.8) is 0 Å². The van der Waals surface area contributed by atoms with Gasteiger partial charge in [0.2, 0.25) is 0 Å². The number of nitrogens with one attached hydrogen (secondary N) is 1. The van der Waals surface area contributed by atoms with Gasteiger partial charge in [-0.25, -0.2) is 9.97 Å². The highest BCUT2D eigenvalue weighted by molar-refractivity contribution is 14.1. The molecule has 0 radical (unpaired) electrons. The van der Waals surface area contributed by atoms with Gasteiger partial charge in [0.1, 0.15) is 11.6 Å². The number of aromatic nitrogens is 2. The first-order chi connectivity index (χ1) is 9.55. The van der Waals surface area contributed by atoms with Crippen LogP contribution in [0.25, 0.3) is 0 Å². The lowest BCUT2D eigenvalue weighted by molar-refractivity contribution is 0.897. The topological polar surface area (TPSA) is 37.8 Å². The van der Waals surface area contributed by atoms with Crippen LogP contribution in [0, 0.1) is 3.57 Å². The highest BCUT2D eigenvalue weighted by Crippen LogP contribution is 2.24. The summed E-state index contributed by atoms with van der Waals surface area (Å²) >= 11 is 14.4. The van der Waals surface area contributed by atoms with Gasteiger partial charge in [-0.2, -0.15) is 0 Å². The molecule has 3 nitrogen and oxygen atoms in total. The lowest BCUT2D eigenvalue weighted by atomic mass is 10.1. The van der Waals surface area contributed by atoms with Crippen LogP contribution in [0.3, 0.4) is 0 Å². The maximum Gasteiger partial charge on any atom is 0.143 e. The van der Waals surface area contributed by atoms with Gasteiger partial charge in [0.05, 0.1) is 9.26 Å². The number of aryl methyl sites for hydroxylation is 1. The third-order valence-electron chi connectivity index (χ3n) is 2.90. The number of hydrogen-bond acceptors (Lipinski definition) is 3. The maximum absolute atomic E-state index is 6.20. The fourth-order valence-corrected chi connectivity index (χ4v) is 3.23. The minimum absolute atomic E-state index is 0.592. The number of anilines is 1. The van der Waals surface area contributed by atoms with Crippen molar-refractivity contribution < 1.29 is 0 Å². The summed E-state index contributed by atoms with van der Waals surface area (Å²) in [4.78, 5) is 9.14. The smallest absolute Gasteiger partial charge is 0.143 e. The van der Waals surface area contributed by atoms with Crippen molar-refractivity contribution in [1.82, 2.24) is 9.97 Å².